The minimum Gasteiger partial charge on any atom is -0.376 e. The summed E-state index contributed by atoms with van der Waals surface area (Å²) in [5, 5.41) is 4.28. The van der Waals surface area contributed by atoms with E-state index >= 15 is 0 Å². The summed E-state index contributed by atoms with van der Waals surface area (Å²) in [6, 6.07) is 11.5. The summed E-state index contributed by atoms with van der Waals surface area (Å²) in [5.74, 6) is 1.95. The maximum Gasteiger partial charge on any atom is 1.00 e. The number of pyridine rings is 1. The van der Waals surface area contributed by atoms with Gasteiger partial charge in [-0.25, -0.2) is 9.97 Å². The first-order valence-corrected chi connectivity index (χ1v) is 9.39. The van der Waals surface area contributed by atoms with Crippen molar-refractivity contribution in [2.24, 2.45) is 0 Å². The van der Waals surface area contributed by atoms with Gasteiger partial charge in [0.15, 0.2) is 5.82 Å². The van der Waals surface area contributed by atoms with Crippen LogP contribution in [0.3, 0.4) is 0 Å². The standard InChI is InChI=1S/C15H18N4.C7H6Cl.Li/c1-4-13-17-10-12-15(5-2,6-3)18-11-8-7-9-16-14(11)19(12)13;1-6-4-2-3-5-7(6)8;/h7-10,18H,2-6H2,1H3;2-5H,1H2;/q-2;-1;+1. The molecule has 0 amide bonds. The number of fused-ring (bicyclic) bond motifs is 3. The van der Waals surface area contributed by atoms with Gasteiger partial charge in [0.05, 0.1) is 17.6 Å². The number of rotatable bonds is 3. The van der Waals surface area contributed by atoms with E-state index in [0.717, 1.165) is 52.9 Å². The molecule has 3 heterocycles. The van der Waals surface area contributed by atoms with Crippen LogP contribution in [0.4, 0.5) is 5.69 Å². The van der Waals surface area contributed by atoms with Crippen LogP contribution < -0.4 is 24.2 Å². The molecule has 6 heteroatoms. The zero-order valence-corrected chi connectivity index (χ0v) is 17.3. The van der Waals surface area contributed by atoms with E-state index < -0.39 is 0 Å². The first kappa shape index (κ1) is 22.4. The van der Waals surface area contributed by atoms with Crippen LogP contribution in [-0.4, -0.2) is 14.5 Å². The van der Waals surface area contributed by atoms with E-state index in [0.29, 0.717) is 0 Å². The molecule has 0 radical (unpaired) electrons. The Morgan fingerprint density at radius 3 is 2.39 bits per heavy atom. The molecular formula is C22H24ClLiN4-2. The number of aromatic nitrogens is 3. The predicted octanol–water partition coefficient (Wildman–Crippen LogP) is 2.43. The number of benzene rings is 1. The maximum atomic E-state index is 5.65. The summed E-state index contributed by atoms with van der Waals surface area (Å²) in [4.78, 5) is 9.03. The van der Waals surface area contributed by atoms with Crippen molar-refractivity contribution in [3.05, 3.63) is 91.7 Å². The molecule has 4 nitrogen and oxygen atoms in total. The van der Waals surface area contributed by atoms with Crippen molar-refractivity contribution in [2.75, 3.05) is 5.32 Å². The second-order valence-electron chi connectivity index (χ2n) is 6.42. The Balaban J connectivity index is 0.000000264. The number of nitrogens with one attached hydrogen (secondary N) is 1. The van der Waals surface area contributed by atoms with Crippen LogP contribution >= 0.6 is 11.6 Å². The molecule has 0 saturated heterocycles. The van der Waals surface area contributed by atoms with E-state index in [-0.39, 0.29) is 24.4 Å². The number of aryl methyl sites for hydroxylation is 1. The number of hydrogen-bond donors (Lipinski definition) is 1. The van der Waals surface area contributed by atoms with Crippen molar-refractivity contribution < 1.29 is 18.9 Å². The second kappa shape index (κ2) is 9.56. The largest absolute Gasteiger partial charge is 1.00 e. The SMILES string of the molecule is [CH2-]CC1(C[CH2-])Nc2cccnc2-n2c1cnc2CC.[CH2-]c1ccccc1Cl.[Li+]. The Labute approximate surface area is 184 Å². The van der Waals surface area contributed by atoms with Crippen LogP contribution in [0.5, 0.6) is 0 Å². The first-order chi connectivity index (χ1) is 13.1. The quantitative estimate of drug-likeness (QED) is 0.555. The van der Waals surface area contributed by atoms with E-state index in [9.17, 15) is 0 Å². The summed E-state index contributed by atoms with van der Waals surface area (Å²) in [6.07, 6.45) is 6.06. The molecule has 0 aliphatic carbocycles. The number of halogens is 1. The molecule has 4 rings (SSSR count). The van der Waals surface area contributed by atoms with Gasteiger partial charge in [-0.3, -0.25) is 4.57 Å². The number of anilines is 1. The fourth-order valence-corrected chi connectivity index (χ4v) is 3.35. The molecule has 0 fully saturated rings. The zero-order chi connectivity index (χ0) is 19.4. The fourth-order valence-electron chi connectivity index (χ4n) is 3.21. The van der Waals surface area contributed by atoms with Gasteiger partial charge in [0.1, 0.15) is 5.82 Å². The van der Waals surface area contributed by atoms with Crippen molar-refractivity contribution in [1.29, 1.82) is 0 Å². The van der Waals surface area contributed by atoms with Gasteiger partial charge in [0.2, 0.25) is 0 Å². The van der Waals surface area contributed by atoms with Crippen LogP contribution in [0.1, 0.15) is 36.8 Å². The summed E-state index contributed by atoms with van der Waals surface area (Å²) < 4.78 is 2.15. The van der Waals surface area contributed by atoms with Crippen LogP contribution in [0.2, 0.25) is 5.02 Å². The Morgan fingerprint density at radius 2 is 1.82 bits per heavy atom. The Bertz CT molecular complexity index is 897. The molecule has 0 bridgehead atoms. The number of imidazole rings is 1. The van der Waals surface area contributed by atoms with Gasteiger partial charge in [-0.1, -0.05) is 18.0 Å². The van der Waals surface area contributed by atoms with Gasteiger partial charge in [-0.2, -0.15) is 43.0 Å². The van der Waals surface area contributed by atoms with E-state index in [4.69, 9.17) is 11.6 Å². The summed E-state index contributed by atoms with van der Waals surface area (Å²) in [7, 11) is 0. The Hall–Kier alpha value is -1.86. The number of hydrogen-bond acceptors (Lipinski definition) is 3. The average Bonchev–Trinajstić information content (AvgIpc) is 3.15. The molecule has 0 saturated carbocycles. The van der Waals surface area contributed by atoms with E-state index in [1.165, 1.54) is 0 Å². The smallest absolute Gasteiger partial charge is 0.376 e. The minimum absolute atomic E-state index is 0. The predicted molar refractivity (Wildman–Crippen MR) is 112 cm³/mol. The van der Waals surface area contributed by atoms with Gasteiger partial charge in [0, 0.05) is 18.2 Å². The van der Waals surface area contributed by atoms with Crippen molar-refractivity contribution >= 4 is 17.3 Å². The van der Waals surface area contributed by atoms with E-state index in [1.54, 1.807) is 0 Å². The van der Waals surface area contributed by atoms with Crippen molar-refractivity contribution in [3.63, 3.8) is 0 Å². The maximum absolute atomic E-state index is 5.65. The minimum atomic E-state index is -0.254. The molecule has 0 spiro atoms. The van der Waals surface area contributed by atoms with Crippen LogP contribution in [0.25, 0.3) is 5.82 Å². The van der Waals surface area contributed by atoms with E-state index in [2.05, 4.69) is 47.5 Å². The topological polar surface area (TPSA) is 42.7 Å². The molecule has 28 heavy (non-hydrogen) atoms. The molecule has 1 N–H and O–H groups in total. The Morgan fingerprint density at radius 1 is 1.11 bits per heavy atom. The second-order valence-corrected chi connectivity index (χ2v) is 6.83. The molecule has 3 aromatic rings. The summed E-state index contributed by atoms with van der Waals surface area (Å²) >= 11 is 5.65. The summed E-state index contributed by atoms with van der Waals surface area (Å²) in [6.45, 7) is 14.0. The van der Waals surface area contributed by atoms with Gasteiger partial charge in [0.25, 0.3) is 0 Å². The zero-order valence-electron chi connectivity index (χ0n) is 16.6. The van der Waals surface area contributed by atoms with Crippen molar-refractivity contribution in [3.8, 4) is 5.82 Å². The molecule has 1 aliphatic heterocycles. The monoisotopic (exact) mass is 386 g/mol. The van der Waals surface area contributed by atoms with Crippen molar-refractivity contribution in [2.45, 2.75) is 31.7 Å². The number of nitrogens with zero attached hydrogens (tertiary/aromatic N) is 3. The average molecular weight is 387 g/mol. The third-order valence-electron chi connectivity index (χ3n) is 4.83. The fraction of sp³-hybridized carbons (Fsp3) is 0.227. The van der Waals surface area contributed by atoms with E-state index in [1.807, 2.05) is 48.8 Å². The molecule has 0 atom stereocenters. The van der Waals surface area contributed by atoms with Gasteiger partial charge < -0.3 is 19.2 Å². The van der Waals surface area contributed by atoms with Crippen LogP contribution in [0, 0.1) is 20.8 Å². The Kier molecular flexibility index (Phi) is 7.66. The molecule has 1 aliphatic rings. The third kappa shape index (κ3) is 4.10. The molecule has 1 aromatic carbocycles. The molecule has 2 aromatic heterocycles. The van der Waals surface area contributed by atoms with Crippen LogP contribution in [0.15, 0.2) is 48.8 Å². The first-order valence-electron chi connectivity index (χ1n) is 9.02. The normalized spacial score (nSPS) is 13.1. The van der Waals surface area contributed by atoms with Gasteiger partial charge in [-0.15, -0.1) is 12.1 Å². The third-order valence-corrected chi connectivity index (χ3v) is 5.19. The molecule has 0 unspecified atom stereocenters. The van der Waals surface area contributed by atoms with Crippen molar-refractivity contribution in [1.82, 2.24) is 14.5 Å². The van der Waals surface area contributed by atoms with Crippen LogP contribution in [-0.2, 0) is 12.0 Å². The van der Waals surface area contributed by atoms with Gasteiger partial charge >= 0.3 is 18.9 Å². The van der Waals surface area contributed by atoms with Gasteiger partial charge in [-0.05, 0) is 12.1 Å². The molecular weight excluding hydrogens is 363 g/mol. The molecule has 142 valence electrons. The summed E-state index contributed by atoms with van der Waals surface area (Å²) in [5.41, 5.74) is 2.76.